The molecule has 0 bridgehead atoms. The van der Waals surface area contributed by atoms with Crippen molar-refractivity contribution >= 4 is 11.5 Å². The van der Waals surface area contributed by atoms with E-state index in [0.29, 0.717) is 0 Å². The maximum atomic E-state index is 11.5. The first kappa shape index (κ1) is 9.00. The van der Waals surface area contributed by atoms with Crippen LogP contribution >= 0.6 is 0 Å². The van der Waals surface area contributed by atoms with Crippen LogP contribution in [0.4, 0.5) is 0 Å². The molecule has 1 aromatic carbocycles. The summed E-state index contributed by atoms with van der Waals surface area (Å²) in [5, 5.41) is 0. The molecule has 0 aliphatic carbocycles. The third-order valence-electron chi connectivity index (χ3n) is 2.41. The van der Waals surface area contributed by atoms with Crippen molar-refractivity contribution in [2.24, 2.45) is 0 Å². The minimum absolute atomic E-state index is 0.0869. The SMILES string of the molecule is CC1=C(c2ccccc2)OC(C)C1=O. The van der Waals surface area contributed by atoms with Crippen molar-refractivity contribution in [1.29, 1.82) is 0 Å². The summed E-state index contributed by atoms with van der Waals surface area (Å²) < 4.78 is 5.50. The highest BCUT2D eigenvalue weighted by Gasteiger charge is 2.28. The van der Waals surface area contributed by atoms with E-state index in [4.69, 9.17) is 4.74 Å². The number of Topliss-reactive ketones (excluding diaryl/α,β-unsaturated/α-hetero) is 1. The normalized spacial score (nSPS) is 21.3. The Morgan fingerprint density at radius 2 is 1.86 bits per heavy atom. The van der Waals surface area contributed by atoms with Gasteiger partial charge in [-0.1, -0.05) is 30.3 Å². The molecule has 2 rings (SSSR count). The maximum absolute atomic E-state index is 11.5. The Balaban J connectivity index is 2.42. The van der Waals surface area contributed by atoms with Crippen LogP contribution < -0.4 is 0 Å². The van der Waals surface area contributed by atoms with E-state index in [1.807, 2.05) is 37.3 Å². The summed E-state index contributed by atoms with van der Waals surface area (Å²) in [6.45, 7) is 3.59. The molecule has 1 atom stereocenters. The zero-order valence-corrected chi connectivity index (χ0v) is 8.28. The monoisotopic (exact) mass is 188 g/mol. The van der Waals surface area contributed by atoms with E-state index in [1.54, 1.807) is 6.92 Å². The first-order valence-electron chi connectivity index (χ1n) is 4.67. The molecule has 0 spiro atoms. The lowest BCUT2D eigenvalue weighted by atomic mass is 10.1. The van der Waals surface area contributed by atoms with Gasteiger partial charge in [-0.3, -0.25) is 4.79 Å². The van der Waals surface area contributed by atoms with Crippen molar-refractivity contribution in [3.05, 3.63) is 41.5 Å². The van der Waals surface area contributed by atoms with Gasteiger partial charge in [-0.15, -0.1) is 0 Å². The molecular weight excluding hydrogens is 176 g/mol. The average Bonchev–Trinajstić information content (AvgIpc) is 2.47. The lowest BCUT2D eigenvalue weighted by Gasteiger charge is -2.06. The van der Waals surface area contributed by atoms with Crippen LogP contribution in [0.1, 0.15) is 19.4 Å². The minimum atomic E-state index is -0.329. The number of hydrogen-bond acceptors (Lipinski definition) is 2. The number of hydrogen-bond donors (Lipinski definition) is 0. The molecule has 0 saturated heterocycles. The highest BCUT2D eigenvalue weighted by Crippen LogP contribution is 2.29. The largest absolute Gasteiger partial charge is 0.482 e. The highest BCUT2D eigenvalue weighted by molar-refractivity contribution is 6.06. The van der Waals surface area contributed by atoms with Gasteiger partial charge in [0.25, 0.3) is 0 Å². The van der Waals surface area contributed by atoms with E-state index < -0.39 is 0 Å². The summed E-state index contributed by atoms with van der Waals surface area (Å²) in [5.41, 5.74) is 1.70. The smallest absolute Gasteiger partial charge is 0.202 e. The molecule has 0 saturated carbocycles. The molecule has 1 aliphatic heterocycles. The summed E-state index contributed by atoms with van der Waals surface area (Å²) in [6.07, 6.45) is -0.329. The summed E-state index contributed by atoms with van der Waals surface area (Å²) in [7, 11) is 0. The van der Waals surface area contributed by atoms with E-state index in [2.05, 4.69) is 0 Å². The second-order valence-electron chi connectivity index (χ2n) is 3.44. The van der Waals surface area contributed by atoms with Crippen molar-refractivity contribution < 1.29 is 9.53 Å². The van der Waals surface area contributed by atoms with Gasteiger partial charge in [0, 0.05) is 11.1 Å². The standard InChI is InChI=1S/C12H12O2/c1-8-11(13)9(2)14-12(8)10-6-4-3-5-7-10/h3-7,9H,1-2H3. The van der Waals surface area contributed by atoms with Gasteiger partial charge in [0.15, 0.2) is 6.10 Å². The zero-order chi connectivity index (χ0) is 10.1. The van der Waals surface area contributed by atoms with Crippen molar-refractivity contribution in [3.63, 3.8) is 0 Å². The van der Waals surface area contributed by atoms with Gasteiger partial charge >= 0.3 is 0 Å². The van der Waals surface area contributed by atoms with Crippen LogP contribution in [0.5, 0.6) is 0 Å². The van der Waals surface area contributed by atoms with E-state index >= 15 is 0 Å². The van der Waals surface area contributed by atoms with Crippen LogP contribution in [-0.2, 0) is 9.53 Å². The third-order valence-corrected chi connectivity index (χ3v) is 2.41. The van der Waals surface area contributed by atoms with Gasteiger partial charge in [-0.05, 0) is 13.8 Å². The summed E-state index contributed by atoms with van der Waals surface area (Å²) in [6, 6.07) is 9.72. The fourth-order valence-electron chi connectivity index (χ4n) is 1.61. The summed E-state index contributed by atoms with van der Waals surface area (Å²) >= 11 is 0. The topological polar surface area (TPSA) is 26.3 Å². The molecule has 1 unspecified atom stereocenters. The van der Waals surface area contributed by atoms with E-state index in [-0.39, 0.29) is 11.9 Å². The van der Waals surface area contributed by atoms with Crippen molar-refractivity contribution in [1.82, 2.24) is 0 Å². The van der Waals surface area contributed by atoms with Crippen molar-refractivity contribution in [3.8, 4) is 0 Å². The lowest BCUT2D eigenvalue weighted by Crippen LogP contribution is -2.12. The fraction of sp³-hybridized carbons (Fsp3) is 0.250. The summed E-state index contributed by atoms with van der Waals surface area (Å²) in [5.74, 6) is 0.812. The minimum Gasteiger partial charge on any atom is -0.482 e. The lowest BCUT2D eigenvalue weighted by molar-refractivity contribution is -0.120. The average molecular weight is 188 g/mol. The molecule has 0 aromatic heterocycles. The number of benzene rings is 1. The molecule has 72 valence electrons. The second-order valence-corrected chi connectivity index (χ2v) is 3.44. The van der Waals surface area contributed by atoms with Crippen LogP contribution in [0.2, 0.25) is 0 Å². The van der Waals surface area contributed by atoms with Gasteiger partial charge in [-0.25, -0.2) is 0 Å². The molecular formula is C12H12O2. The molecule has 0 fully saturated rings. The molecule has 14 heavy (non-hydrogen) atoms. The molecule has 1 aliphatic rings. The Morgan fingerprint density at radius 1 is 1.21 bits per heavy atom. The van der Waals surface area contributed by atoms with Gasteiger partial charge in [0.05, 0.1) is 0 Å². The predicted octanol–water partition coefficient (Wildman–Crippen LogP) is 2.41. The number of carbonyl (C=O) groups excluding carboxylic acids is 1. The third kappa shape index (κ3) is 1.33. The van der Waals surface area contributed by atoms with E-state index in [0.717, 1.165) is 16.9 Å². The molecule has 1 heterocycles. The van der Waals surface area contributed by atoms with Crippen LogP contribution in [0.25, 0.3) is 5.76 Å². The summed E-state index contributed by atoms with van der Waals surface area (Å²) in [4.78, 5) is 11.5. The molecule has 0 amide bonds. The predicted molar refractivity (Wildman–Crippen MR) is 54.6 cm³/mol. The Labute approximate surface area is 83.2 Å². The van der Waals surface area contributed by atoms with Gasteiger partial charge in [0.2, 0.25) is 5.78 Å². The molecule has 0 radical (unpaired) electrons. The van der Waals surface area contributed by atoms with E-state index in [9.17, 15) is 4.79 Å². The molecule has 2 heteroatoms. The Morgan fingerprint density at radius 3 is 2.36 bits per heavy atom. The van der Waals surface area contributed by atoms with Crippen LogP contribution in [0, 0.1) is 0 Å². The quantitative estimate of drug-likeness (QED) is 0.676. The first-order valence-corrected chi connectivity index (χ1v) is 4.67. The van der Waals surface area contributed by atoms with Gasteiger partial charge in [-0.2, -0.15) is 0 Å². The molecule has 2 nitrogen and oxygen atoms in total. The Kier molecular flexibility index (Phi) is 2.12. The van der Waals surface area contributed by atoms with Crippen LogP contribution in [0.15, 0.2) is 35.9 Å². The number of rotatable bonds is 1. The van der Waals surface area contributed by atoms with Gasteiger partial charge < -0.3 is 4.74 Å². The van der Waals surface area contributed by atoms with E-state index in [1.165, 1.54) is 0 Å². The van der Waals surface area contributed by atoms with Gasteiger partial charge in [0.1, 0.15) is 5.76 Å². The molecule has 1 aromatic rings. The number of ether oxygens (including phenoxy) is 1. The second kappa shape index (κ2) is 3.29. The number of carbonyl (C=O) groups is 1. The Bertz CT molecular complexity index is 390. The van der Waals surface area contributed by atoms with Crippen molar-refractivity contribution in [2.45, 2.75) is 20.0 Å². The molecule has 0 N–H and O–H groups in total. The van der Waals surface area contributed by atoms with Crippen LogP contribution in [-0.4, -0.2) is 11.9 Å². The van der Waals surface area contributed by atoms with Crippen LogP contribution in [0.3, 0.4) is 0 Å². The van der Waals surface area contributed by atoms with Crippen molar-refractivity contribution in [2.75, 3.05) is 0 Å². The number of ketones is 1. The Hall–Kier alpha value is -1.57. The first-order chi connectivity index (χ1) is 6.70. The highest BCUT2D eigenvalue weighted by atomic mass is 16.5. The zero-order valence-electron chi connectivity index (χ0n) is 8.28. The fourth-order valence-corrected chi connectivity index (χ4v) is 1.61. The maximum Gasteiger partial charge on any atom is 0.202 e.